The summed E-state index contributed by atoms with van der Waals surface area (Å²) in [4.78, 5) is 12.6. The summed E-state index contributed by atoms with van der Waals surface area (Å²) in [5, 5.41) is 10.2. The van der Waals surface area contributed by atoms with Crippen molar-refractivity contribution < 1.29 is 17.9 Å². The quantitative estimate of drug-likeness (QED) is 0.619. The molecule has 26 heavy (non-hydrogen) atoms. The Balaban J connectivity index is 1.77. The fourth-order valence-electron chi connectivity index (χ4n) is 2.49. The lowest BCUT2D eigenvalue weighted by atomic mass is 10.1. The summed E-state index contributed by atoms with van der Waals surface area (Å²) in [6, 6.07) is 11.4. The Labute approximate surface area is 154 Å². The van der Waals surface area contributed by atoms with E-state index in [1.54, 1.807) is 23.9 Å². The van der Waals surface area contributed by atoms with Crippen LogP contribution in [0.4, 0.5) is 0 Å². The van der Waals surface area contributed by atoms with Gasteiger partial charge in [0.05, 0.1) is 16.5 Å². The molecule has 0 aliphatic carbocycles. The number of hydrogen-bond acceptors (Lipinski definition) is 6. The number of fused-ring (bicyclic) bond motifs is 1. The monoisotopic (exact) mass is 394 g/mol. The average molecular weight is 394 g/mol. The van der Waals surface area contributed by atoms with Crippen LogP contribution in [0.5, 0.6) is 0 Å². The van der Waals surface area contributed by atoms with Crippen molar-refractivity contribution in [1.29, 1.82) is 0 Å². The molecule has 2 aromatic carbocycles. The molecule has 0 aliphatic heterocycles. The fraction of sp³-hybridized carbons (Fsp3) is 0.235. The van der Waals surface area contributed by atoms with E-state index in [-0.39, 0.29) is 11.4 Å². The SMILES string of the molecule is CSc1ccc([C@H](O)CNS(=O)(=O)c2ccc3oc(=O)n(C)c3c2)cc1. The van der Waals surface area contributed by atoms with Crippen LogP contribution in [0.2, 0.25) is 0 Å². The Morgan fingerprint density at radius 3 is 2.58 bits per heavy atom. The van der Waals surface area contributed by atoms with E-state index in [9.17, 15) is 18.3 Å². The van der Waals surface area contributed by atoms with Gasteiger partial charge in [-0.2, -0.15) is 0 Å². The van der Waals surface area contributed by atoms with Crippen molar-refractivity contribution in [2.45, 2.75) is 15.9 Å². The Hall–Kier alpha value is -2.07. The van der Waals surface area contributed by atoms with E-state index in [1.807, 2.05) is 18.4 Å². The Morgan fingerprint density at radius 1 is 1.23 bits per heavy atom. The number of rotatable bonds is 6. The first-order chi connectivity index (χ1) is 12.3. The zero-order chi connectivity index (χ0) is 18.9. The Morgan fingerprint density at radius 2 is 1.92 bits per heavy atom. The maximum Gasteiger partial charge on any atom is 0.419 e. The molecule has 1 heterocycles. The molecule has 138 valence electrons. The fourth-order valence-corrected chi connectivity index (χ4v) is 3.96. The van der Waals surface area contributed by atoms with Gasteiger partial charge in [-0.25, -0.2) is 17.9 Å². The van der Waals surface area contributed by atoms with E-state index < -0.39 is 21.9 Å². The minimum absolute atomic E-state index is 0.00803. The number of aliphatic hydroxyl groups excluding tert-OH is 1. The van der Waals surface area contributed by atoms with Gasteiger partial charge in [-0.05, 0) is 42.2 Å². The van der Waals surface area contributed by atoms with E-state index in [4.69, 9.17) is 4.42 Å². The molecule has 0 unspecified atom stereocenters. The van der Waals surface area contributed by atoms with Crippen molar-refractivity contribution in [3.8, 4) is 0 Å². The van der Waals surface area contributed by atoms with Gasteiger partial charge in [0.15, 0.2) is 5.58 Å². The number of oxazole rings is 1. The number of nitrogens with zero attached hydrogens (tertiary/aromatic N) is 1. The van der Waals surface area contributed by atoms with Crippen LogP contribution in [0.1, 0.15) is 11.7 Å². The zero-order valence-electron chi connectivity index (χ0n) is 14.2. The Kier molecular flexibility index (Phi) is 5.24. The van der Waals surface area contributed by atoms with Crippen LogP contribution in [-0.4, -0.2) is 30.9 Å². The first kappa shape index (κ1) is 18.7. The number of hydrogen-bond donors (Lipinski definition) is 2. The molecule has 9 heteroatoms. The third-order valence-corrected chi connectivity index (χ3v) is 6.21. The smallest absolute Gasteiger partial charge is 0.408 e. The number of aromatic nitrogens is 1. The van der Waals surface area contributed by atoms with Gasteiger partial charge in [-0.1, -0.05) is 12.1 Å². The highest BCUT2D eigenvalue weighted by Crippen LogP contribution is 2.20. The van der Waals surface area contributed by atoms with Crippen LogP contribution in [0, 0.1) is 0 Å². The molecule has 1 atom stereocenters. The van der Waals surface area contributed by atoms with Crippen molar-refractivity contribution in [2.75, 3.05) is 12.8 Å². The lowest BCUT2D eigenvalue weighted by Crippen LogP contribution is -2.28. The molecule has 0 saturated carbocycles. The molecule has 7 nitrogen and oxygen atoms in total. The molecule has 2 N–H and O–H groups in total. The number of nitrogens with one attached hydrogen (secondary N) is 1. The number of thioether (sulfide) groups is 1. The average Bonchev–Trinajstić information content (AvgIpc) is 2.93. The van der Waals surface area contributed by atoms with Crippen LogP contribution in [-0.2, 0) is 17.1 Å². The third kappa shape index (κ3) is 3.70. The molecule has 0 aliphatic rings. The topological polar surface area (TPSA) is 102 Å². The van der Waals surface area contributed by atoms with E-state index in [2.05, 4.69) is 4.72 Å². The summed E-state index contributed by atoms with van der Waals surface area (Å²) < 4.78 is 33.6. The predicted octanol–water partition coefficient (Wildman–Crippen LogP) is 1.87. The summed E-state index contributed by atoms with van der Waals surface area (Å²) in [5.41, 5.74) is 1.31. The molecule has 0 bridgehead atoms. The molecule has 0 saturated heterocycles. The van der Waals surface area contributed by atoms with Crippen LogP contribution >= 0.6 is 11.8 Å². The molecular formula is C17H18N2O5S2. The van der Waals surface area contributed by atoms with Crippen molar-refractivity contribution in [2.24, 2.45) is 7.05 Å². The van der Waals surface area contributed by atoms with Crippen LogP contribution in [0.3, 0.4) is 0 Å². The van der Waals surface area contributed by atoms with Crippen molar-refractivity contribution in [3.05, 3.63) is 58.6 Å². The summed E-state index contributed by atoms with van der Waals surface area (Å²) in [6.45, 7) is -0.163. The van der Waals surface area contributed by atoms with Gasteiger partial charge in [0, 0.05) is 18.5 Å². The van der Waals surface area contributed by atoms with Crippen LogP contribution in [0.15, 0.2) is 61.5 Å². The largest absolute Gasteiger partial charge is 0.419 e. The first-order valence-electron chi connectivity index (χ1n) is 7.73. The summed E-state index contributed by atoms with van der Waals surface area (Å²) >= 11 is 1.58. The number of sulfonamides is 1. The zero-order valence-corrected chi connectivity index (χ0v) is 15.8. The first-order valence-corrected chi connectivity index (χ1v) is 10.4. The standard InChI is InChI=1S/C17H18N2O5S2/c1-19-14-9-13(7-8-16(14)24-17(19)21)26(22,23)18-10-15(20)11-3-5-12(25-2)6-4-11/h3-9,15,18,20H,10H2,1-2H3/t15-/m1/s1. The highest BCUT2D eigenvalue weighted by molar-refractivity contribution is 7.98. The number of aliphatic hydroxyl groups is 1. The van der Waals surface area contributed by atoms with Gasteiger partial charge in [0.25, 0.3) is 0 Å². The van der Waals surface area contributed by atoms with Crippen LogP contribution < -0.4 is 10.5 Å². The second kappa shape index (κ2) is 7.28. The van der Waals surface area contributed by atoms with Gasteiger partial charge in [0.1, 0.15) is 0 Å². The van der Waals surface area contributed by atoms with E-state index >= 15 is 0 Å². The molecular weight excluding hydrogens is 376 g/mol. The molecule has 3 aromatic rings. The van der Waals surface area contributed by atoms with Gasteiger partial charge in [-0.3, -0.25) is 4.57 Å². The highest BCUT2D eigenvalue weighted by atomic mass is 32.2. The van der Waals surface area contributed by atoms with E-state index in [0.717, 1.165) is 4.90 Å². The van der Waals surface area contributed by atoms with Gasteiger partial charge < -0.3 is 9.52 Å². The van der Waals surface area contributed by atoms with Crippen molar-refractivity contribution in [1.82, 2.24) is 9.29 Å². The minimum Gasteiger partial charge on any atom is -0.408 e. The second-order valence-corrected chi connectivity index (χ2v) is 8.34. The van der Waals surface area contributed by atoms with E-state index in [1.165, 1.54) is 29.8 Å². The maximum absolute atomic E-state index is 12.5. The molecule has 0 spiro atoms. The predicted molar refractivity (Wildman–Crippen MR) is 99.8 cm³/mol. The summed E-state index contributed by atoms with van der Waals surface area (Å²) in [5.74, 6) is -0.563. The lowest BCUT2D eigenvalue weighted by Gasteiger charge is -2.13. The van der Waals surface area contributed by atoms with Crippen LogP contribution in [0.25, 0.3) is 11.1 Å². The summed E-state index contributed by atoms with van der Waals surface area (Å²) in [6.07, 6.45) is 0.981. The molecule has 0 amide bonds. The molecule has 3 rings (SSSR count). The normalized spacial score (nSPS) is 13.2. The highest BCUT2D eigenvalue weighted by Gasteiger charge is 2.19. The second-order valence-electron chi connectivity index (χ2n) is 5.70. The minimum atomic E-state index is -3.85. The Bertz CT molecular complexity index is 1080. The van der Waals surface area contributed by atoms with Crippen molar-refractivity contribution >= 4 is 32.9 Å². The van der Waals surface area contributed by atoms with E-state index in [0.29, 0.717) is 16.7 Å². The maximum atomic E-state index is 12.5. The molecule has 0 fully saturated rings. The lowest BCUT2D eigenvalue weighted by molar-refractivity contribution is 0.182. The van der Waals surface area contributed by atoms with Crippen molar-refractivity contribution in [3.63, 3.8) is 0 Å². The molecule has 1 aromatic heterocycles. The molecule has 0 radical (unpaired) electrons. The van der Waals surface area contributed by atoms with Gasteiger partial charge >= 0.3 is 5.76 Å². The van der Waals surface area contributed by atoms with Gasteiger partial charge in [-0.15, -0.1) is 11.8 Å². The number of benzene rings is 2. The number of aryl methyl sites for hydroxylation is 1. The third-order valence-electron chi connectivity index (χ3n) is 4.04. The van der Waals surface area contributed by atoms with Gasteiger partial charge in [0.2, 0.25) is 10.0 Å². The summed E-state index contributed by atoms with van der Waals surface area (Å²) in [7, 11) is -2.35.